The van der Waals surface area contributed by atoms with Crippen LogP contribution in [-0.2, 0) is 0 Å². The highest BCUT2D eigenvalue weighted by molar-refractivity contribution is 6.14. The quantitative estimate of drug-likeness (QED) is 0.188. The van der Waals surface area contributed by atoms with Crippen LogP contribution in [0.25, 0.3) is 94.7 Å². The van der Waals surface area contributed by atoms with E-state index in [1.807, 2.05) is 72.8 Å². The number of hydrogen-bond donors (Lipinski definition) is 0. The number of furan rings is 1. The van der Waals surface area contributed by atoms with Gasteiger partial charge in [0.15, 0.2) is 17.5 Å². The van der Waals surface area contributed by atoms with Gasteiger partial charge < -0.3 is 8.98 Å². The zero-order chi connectivity index (χ0) is 33.0. The highest BCUT2D eigenvalue weighted by atomic mass is 16.3. The molecule has 0 fully saturated rings. The Hall–Kier alpha value is -6.85. The van der Waals surface area contributed by atoms with Crippen LogP contribution in [0.4, 0.5) is 0 Å². The maximum Gasteiger partial charge on any atom is 0.167 e. The number of nitrogens with zero attached hydrogens (tertiary/aromatic N) is 4. The third-order valence-electron chi connectivity index (χ3n) is 9.46. The van der Waals surface area contributed by atoms with Crippen molar-refractivity contribution in [2.45, 2.75) is 0 Å². The zero-order valence-corrected chi connectivity index (χ0v) is 26.9. The fraction of sp³-hybridized carbons (Fsp3) is 0. The van der Waals surface area contributed by atoms with E-state index in [1.165, 1.54) is 27.4 Å². The fourth-order valence-corrected chi connectivity index (χ4v) is 7.17. The molecular formula is C45H28N4O. The molecular weight excluding hydrogens is 613 g/mol. The van der Waals surface area contributed by atoms with E-state index < -0.39 is 0 Å². The first-order valence-electron chi connectivity index (χ1n) is 16.7. The Kier molecular flexibility index (Phi) is 6.42. The van der Waals surface area contributed by atoms with Crippen molar-refractivity contribution >= 4 is 43.7 Å². The molecule has 0 aliphatic heterocycles. The largest absolute Gasteiger partial charge is 0.455 e. The second-order valence-electron chi connectivity index (χ2n) is 12.4. The Balaban J connectivity index is 1.19. The first kappa shape index (κ1) is 28.2. The molecule has 5 heteroatoms. The van der Waals surface area contributed by atoms with Gasteiger partial charge in [0, 0.05) is 50.0 Å². The molecule has 10 aromatic rings. The van der Waals surface area contributed by atoms with Gasteiger partial charge in [0.25, 0.3) is 0 Å². The molecule has 0 aliphatic rings. The van der Waals surface area contributed by atoms with Gasteiger partial charge in [0.2, 0.25) is 0 Å². The van der Waals surface area contributed by atoms with Crippen LogP contribution in [0.2, 0.25) is 0 Å². The smallest absolute Gasteiger partial charge is 0.167 e. The van der Waals surface area contributed by atoms with Gasteiger partial charge in [-0.1, -0.05) is 140 Å². The molecule has 0 bridgehead atoms. The van der Waals surface area contributed by atoms with Crippen molar-refractivity contribution in [1.29, 1.82) is 0 Å². The van der Waals surface area contributed by atoms with E-state index in [0.29, 0.717) is 17.5 Å². The molecule has 234 valence electrons. The summed E-state index contributed by atoms with van der Waals surface area (Å²) in [5.74, 6) is 1.80. The minimum absolute atomic E-state index is 0.567. The maximum atomic E-state index is 6.79. The van der Waals surface area contributed by atoms with Crippen molar-refractivity contribution < 1.29 is 4.42 Å². The molecule has 0 N–H and O–H groups in total. The Bertz CT molecular complexity index is 2800. The number of benzene rings is 7. The van der Waals surface area contributed by atoms with Crippen LogP contribution >= 0.6 is 0 Å². The van der Waals surface area contributed by atoms with Gasteiger partial charge in [-0.3, -0.25) is 0 Å². The first-order chi connectivity index (χ1) is 24.8. The lowest BCUT2D eigenvalue weighted by atomic mass is 10.0. The summed E-state index contributed by atoms with van der Waals surface area (Å²) in [6.45, 7) is 0. The van der Waals surface area contributed by atoms with E-state index in [-0.39, 0.29) is 0 Å². The Morgan fingerprint density at radius 1 is 0.400 bits per heavy atom. The molecule has 0 atom stereocenters. The minimum atomic E-state index is 0.567. The van der Waals surface area contributed by atoms with Gasteiger partial charge in [-0.05, 0) is 29.8 Å². The summed E-state index contributed by atoms with van der Waals surface area (Å²) in [7, 11) is 0. The molecule has 0 saturated heterocycles. The second kappa shape index (κ2) is 11.4. The maximum absolute atomic E-state index is 6.79. The van der Waals surface area contributed by atoms with Crippen molar-refractivity contribution in [2.75, 3.05) is 0 Å². The summed E-state index contributed by atoms with van der Waals surface area (Å²) < 4.78 is 9.16. The predicted molar refractivity (Wildman–Crippen MR) is 203 cm³/mol. The van der Waals surface area contributed by atoms with Crippen molar-refractivity contribution in [3.8, 4) is 51.0 Å². The summed E-state index contributed by atoms with van der Waals surface area (Å²) in [5, 5.41) is 4.48. The molecule has 0 radical (unpaired) electrons. The fourth-order valence-electron chi connectivity index (χ4n) is 7.17. The van der Waals surface area contributed by atoms with E-state index in [0.717, 1.165) is 49.8 Å². The molecule has 5 nitrogen and oxygen atoms in total. The van der Waals surface area contributed by atoms with Crippen LogP contribution in [0.15, 0.2) is 174 Å². The standard InChI is InChI=1S/C45H28N4O/c1-4-14-29(15-5-1)33-21-12-22-36-34-20-10-11-25-39(34)49(41(33)36)32-26-27-35-37-23-13-24-38(42(37)50-40(35)28-32)45-47-43(30-16-6-2-7-17-30)46-44(48-45)31-18-8-3-9-19-31/h1-28H. The third kappa shape index (κ3) is 4.52. The molecule has 0 aliphatic carbocycles. The highest BCUT2D eigenvalue weighted by Gasteiger charge is 2.20. The summed E-state index contributed by atoms with van der Waals surface area (Å²) in [6, 6.07) is 58.6. The van der Waals surface area contributed by atoms with E-state index in [1.54, 1.807) is 0 Å². The molecule has 0 saturated carbocycles. The van der Waals surface area contributed by atoms with E-state index >= 15 is 0 Å². The van der Waals surface area contributed by atoms with Crippen LogP contribution < -0.4 is 0 Å². The normalized spacial score (nSPS) is 11.6. The van der Waals surface area contributed by atoms with Crippen LogP contribution in [0.5, 0.6) is 0 Å². The predicted octanol–water partition coefficient (Wildman–Crippen LogP) is 11.5. The minimum Gasteiger partial charge on any atom is -0.455 e. The van der Waals surface area contributed by atoms with Crippen molar-refractivity contribution in [3.63, 3.8) is 0 Å². The van der Waals surface area contributed by atoms with Gasteiger partial charge in [-0.2, -0.15) is 0 Å². The lowest BCUT2D eigenvalue weighted by Crippen LogP contribution is -2.00. The summed E-state index contributed by atoms with van der Waals surface area (Å²) in [6.07, 6.45) is 0. The SMILES string of the molecule is c1ccc(-c2nc(-c3ccccc3)nc(-c3cccc4c3oc3cc(-n5c6ccccc6c6cccc(-c7ccccc7)c65)ccc34)n2)cc1. The van der Waals surface area contributed by atoms with E-state index in [2.05, 4.69) is 102 Å². The van der Waals surface area contributed by atoms with Gasteiger partial charge in [0.05, 0.1) is 16.6 Å². The molecule has 7 aromatic carbocycles. The van der Waals surface area contributed by atoms with E-state index in [4.69, 9.17) is 19.4 Å². The van der Waals surface area contributed by atoms with Gasteiger partial charge in [-0.25, -0.2) is 15.0 Å². The monoisotopic (exact) mass is 640 g/mol. The molecule has 0 spiro atoms. The lowest BCUT2D eigenvalue weighted by molar-refractivity contribution is 0.669. The number of aromatic nitrogens is 4. The highest BCUT2D eigenvalue weighted by Crippen LogP contribution is 2.41. The zero-order valence-electron chi connectivity index (χ0n) is 26.9. The summed E-state index contributed by atoms with van der Waals surface area (Å²) in [5.41, 5.74) is 9.93. The van der Waals surface area contributed by atoms with Crippen LogP contribution in [0.3, 0.4) is 0 Å². The molecule has 3 aromatic heterocycles. The Labute approximate surface area is 287 Å². The molecule has 0 amide bonds. The molecule has 10 rings (SSSR count). The number of para-hydroxylation sites is 3. The molecule has 3 heterocycles. The van der Waals surface area contributed by atoms with Gasteiger partial charge in [-0.15, -0.1) is 0 Å². The summed E-state index contributed by atoms with van der Waals surface area (Å²) >= 11 is 0. The topological polar surface area (TPSA) is 56.7 Å². The van der Waals surface area contributed by atoms with Crippen molar-refractivity contribution in [1.82, 2.24) is 19.5 Å². The summed E-state index contributed by atoms with van der Waals surface area (Å²) in [4.78, 5) is 14.9. The average Bonchev–Trinajstić information content (AvgIpc) is 3.74. The number of fused-ring (bicyclic) bond motifs is 6. The average molecular weight is 641 g/mol. The number of hydrogen-bond acceptors (Lipinski definition) is 4. The first-order valence-corrected chi connectivity index (χ1v) is 16.7. The third-order valence-corrected chi connectivity index (χ3v) is 9.46. The van der Waals surface area contributed by atoms with Crippen LogP contribution in [0, 0.1) is 0 Å². The van der Waals surface area contributed by atoms with E-state index in [9.17, 15) is 0 Å². The van der Waals surface area contributed by atoms with Crippen LogP contribution in [-0.4, -0.2) is 19.5 Å². The lowest BCUT2D eigenvalue weighted by Gasteiger charge is -2.11. The van der Waals surface area contributed by atoms with Crippen molar-refractivity contribution in [2.24, 2.45) is 0 Å². The van der Waals surface area contributed by atoms with Gasteiger partial charge in [0.1, 0.15) is 11.2 Å². The number of rotatable bonds is 5. The molecule has 50 heavy (non-hydrogen) atoms. The second-order valence-corrected chi connectivity index (χ2v) is 12.4. The Morgan fingerprint density at radius 2 is 0.960 bits per heavy atom. The Morgan fingerprint density at radius 3 is 1.66 bits per heavy atom. The van der Waals surface area contributed by atoms with Crippen molar-refractivity contribution in [3.05, 3.63) is 170 Å². The van der Waals surface area contributed by atoms with Gasteiger partial charge >= 0.3 is 0 Å². The molecule has 0 unspecified atom stereocenters. The van der Waals surface area contributed by atoms with Crippen LogP contribution in [0.1, 0.15) is 0 Å².